The highest BCUT2D eigenvalue weighted by Crippen LogP contribution is 2.38. The molecule has 0 spiro atoms. The molecule has 0 N–H and O–H groups in total. The van der Waals surface area contributed by atoms with Crippen molar-refractivity contribution in [2.45, 2.75) is 39.5 Å². The van der Waals surface area contributed by atoms with Crippen LogP contribution >= 0.6 is 0 Å². The normalized spacial score (nSPS) is 11.7. The highest BCUT2D eigenvalue weighted by atomic mass is 16.5. The fourth-order valence-corrected chi connectivity index (χ4v) is 7.56. The van der Waals surface area contributed by atoms with Gasteiger partial charge in [-0.15, -0.1) is 0 Å². The molecule has 0 unspecified atom stereocenters. The standard InChI is InChI=1S/C48H41N5O/c1-33(2)41-20-12-21-42(34(3)4)47(41)52-26-25-49-48(52)53-45-22-9-8-19-43(45)44-24-23-40(31-46(44)53)54-39-18-11-17-38(30-39)51-28-27-50(32-51)37-16-10-15-36(29-37)35-13-6-5-7-14-35/h5-31,33-34H,1-4H3. The topological polar surface area (TPSA) is 40.8 Å². The van der Waals surface area contributed by atoms with Crippen molar-refractivity contribution in [3.8, 4) is 45.6 Å². The Labute approximate surface area is 315 Å². The van der Waals surface area contributed by atoms with Gasteiger partial charge in [0.05, 0.1) is 28.1 Å². The SMILES string of the molecule is CC(C)c1cccc(C(C)C)c1-n1ccnc1-n1c2ccccc2c2ccc(Oc3cccc(-n4[c-][n+](-c5cccc(-c6ccccc6)c5)cc4)c3)cc21. The molecule has 0 atom stereocenters. The van der Waals surface area contributed by atoms with E-state index < -0.39 is 0 Å². The summed E-state index contributed by atoms with van der Waals surface area (Å²) in [4.78, 5) is 5.02. The van der Waals surface area contributed by atoms with Crippen molar-refractivity contribution in [2.75, 3.05) is 0 Å². The van der Waals surface area contributed by atoms with Gasteiger partial charge in [-0.2, -0.15) is 0 Å². The Kier molecular flexibility index (Phi) is 8.43. The van der Waals surface area contributed by atoms with E-state index in [2.05, 4.69) is 165 Å². The van der Waals surface area contributed by atoms with Gasteiger partial charge in [-0.3, -0.25) is 18.3 Å². The zero-order valence-electron chi connectivity index (χ0n) is 30.9. The number of aromatic nitrogens is 5. The van der Waals surface area contributed by atoms with Gasteiger partial charge in [0, 0.05) is 41.6 Å². The summed E-state index contributed by atoms with van der Waals surface area (Å²) in [6.07, 6.45) is 11.5. The molecule has 0 radical (unpaired) electrons. The van der Waals surface area contributed by atoms with Crippen LogP contribution < -0.4 is 9.30 Å². The molecule has 3 heterocycles. The number of imidazole rings is 2. The van der Waals surface area contributed by atoms with Crippen molar-refractivity contribution in [1.29, 1.82) is 0 Å². The molecule has 9 aromatic rings. The van der Waals surface area contributed by atoms with Gasteiger partial charge in [0.1, 0.15) is 11.5 Å². The molecular weight excluding hydrogens is 663 g/mol. The van der Waals surface area contributed by atoms with Crippen LogP contribution in [-0.2, 0) is 0 Å². The summed E-state index contributed by atoms with van der Waals surface area (Å²) in [7, 11) is 0. The van der Waals surface area contributed by atoms with Gasteiger partial charge in [0.15, 0.2) is 0 Å². The zero-order valence-corrected chi connectivity index (χ0v) is 30.9. The first-order chi connectivity index (χ1) is 26.4. The molecule has 3 aromatic heterocycles. The van der Waals surface area contributed by atoms with Crippen molar-refractivity contribution in [3.63, 3.8) is 0 Å². The molecule has 6 heteroatoms. The summed E-state index contributed by atoms with van der Waals surface area (Å²) in [5, 5.41) is 2.31. The molecule has 264 valence electrons. The van der Waals surface area contributed by atoms with E-state index in [0.717, 1.165) is 50.8 Å². The number of hydrogen-bond acceptors (Lipinski definition) is 2. The molecule has 0 aliphatic rings. The van der Waals surface area contributed by atoms with Crippen molar-refractivity contribution in [1.82, 2.24) is 18.7 Å². The molecular formula is C48H41N5O. The Morgan fingerprint density at radius 2 is 1.31 bits per heavy atom. The lowest BCUT2D eigenvalue weighted by molar-refractivity contribution is -0.599. The first kappa shape index (κ1) is 33.2. The molecule has 0 fully saturated rings. The molecule has 0 amide bonds. The number of para-hydroxylation sites is 2. The van der Waals surface area contributed by atoms with Gasteiger partial charge in [0.25, 0.3) is 6.33 Å². The van der Waals surface area contributed by atoms with Gasteiger partial charge >= 0.3 is 0 Å². The Morgan fingerprint density at radius 3 is 2.13 bits per heavy atom. The van der Waals surface area contributed by atoms with Crippen molar-refractivity contribution >= 4 is 21.8 Å². The maximum Gasteiger partial charge on any atom is 0.268 e. The molecule has 0 aliphatic carbocycles. The summed E-state index contributed by atoms with van der Waals surface area (Å²) in [5.74, 6) is 3.03. The summed E-state index contributed by atoms with van der Waals surface area (Å²) >= 11 is 0. The van der Waals surface area contributed by atoms with E-state index in [1.54, 1.807) is 0 Å². The van der Waals surface area contributed by atoms with Crippen LogP contribution in [0.3, 0.4) is 0 Å². The van der Waals surface area contributed by atoms with Crippen LogP contribution in [0, 0.1) is 6.33 Å². The highest BCUT2D eigenvalue weighted by Gasteiger charge is 2.22. The van der Waals surface area contributed by atoms with Crippen LogP contribution in [0.4, 0.5) is 0 Å². The van der Waals surface area contributed by atoms with E-state index in [1.807, 2.05) is 52.0 Å². The summed E-state index contributed by atoms with van der Waals surface area (Å²) in [6.45, 7) is 9.04. The maximum absolute atomic E-state index is 6.61. The average molecular weight is 704 g/mol. The van der Waals surface area contributed by atoms with Crippen LogP contribution in [-0.4, -0.2) is 18.7 Å². The molecule has 6 aromatic carbocycles. The molecule has 0 saturated carbocycles. The van der Waals surface area contributed by atoms with E-state index in [-0.39, 0.29) is 0 Å². The first-order valence-electron chi connectivity index (χ1n) is 18.6. The molecule has 0 aliphatic heterocycles. The number of rotatable bonds is 9. The van der Waals surface area contributed by atoms with Gasteiger partial charge in [-0.1, -0.05) is 113 Å². The Bertz CT molecular complexity index is 2740. The molecule has 9 rings (SSSR count). The van der Waals surface area contributed by atoms with Gasteiger partial charge in [-0.25, -0.2) is 4.98 Å². The van der Waals surface area contributed by atoms with Crippen LogP contribution in [0.5, 0.6) is 11.5 Å². The van der Waals surface area contributed by atoms with Crippen molar-refractivity contribution < 1.29 is 9.30 Å². The second-order valence-electron chi connectivity index (χ2n) is 14.4. The highest BCUT2D eigenvalue weighted by molar-refractivity contribution is 6.09. The fourth-order valence-electron chi connectivity index (χ4n) is 7.56. The minimum Gasteiger partial charge on any atom is -0.458 e. The van der Waals surface area contributed by atoms with E-state index in [4.69, 9.17) is 9.72 Å². The third-order valence-corrected chi connectivity index (χ3v) is 10.2. The van der Waals surface area contributed by atoms with E-state index >= 15 is 0 Å². The predicted octanol–water partition coefficient (Wildman–Crippen LogP) is 11.5. The van der Waals surface area contributed by atoms with E-state index in [1.165, 1.54) is 27.8 Å². The summed E-state index contributed by atoms with van der Waals surface area (Å²) < 4.78 is 15.2. The van der Waals surface area contributed by atoms with Crippen molar-refractivity contribution in [2.24, 2.45) is 0 Å². The summed E-state index contributed by atoms with van der Waals surface area (Å²) in [6, 6.07) is 48.6. The largest absolute Gasteiger partial charge is 0.458 e. The van der Waals surface area contributed by atoms with E-state index in [0.29, 0.717) is 11.8 Å². The Balaban J connectivity index is 1.08. The van der Waals surface area contributed by atoms with Crippen LogP contribution in [0.15, 0.2) is 164 Å². The molecule has 0 bridgehead atoms. The lowest BCUT2D eigenvalue weighted by Gasteiger charge is -2.22. The van der Waals surface area contributed by atoms with Gasteiger partial charge < -0.3 is 4.74 Å². The number of benzene rings is 6. The minimum atomic E-state index is 0.350. The van der Waals surface area contributed by atoms with E-state index in [9.17, 15) is 0 Å². The second-order valence-corrected chi connectivity index (χ2v) is 14.4. The monoisotopic (exact) mass is 703 g/mol. The predicted molar refractivity (Wildman–Crippen MR) is 218 cm³/mol. The third kappa shape index (κ3) is 5.96. The van der Waals surface area contributed by atoms with Gasteiger partial charge in [-0.05, 0) is 82.6 Å². The number of fused-ring (bicyclic) bond motifs is 3. The molecule has 54 heavy (non-hydrogen) atoms. The summed E-state index contributed by atoms with van der Waals surface area (Å²) in [5.41, 5.74) is 10.3. The maximum atomic E-state index is 6.61. The second kappa shape index (κ2) is 13.7. The van der Waals surface area contributed by atoms with Crippen molar-refractivity contribution in [3.05, 3.63) is 182 Å². The van der Waals surface area contributed by atoms with Crippen LogP contribution in [0.1, 0.15) is 50.7 Å². The number of ether oxygens (including phenoxy) is 1. The lowest BCUT2D eigenvalue weighted by atomic mass is 9.92. The quantitative estimate of drug-likeness (QED) is 0.111. The fraction of sp³-hybridized carbons (Fsp3) is 0.125. The van der Waals surface area contributed by atoms with Crippen LogP contribution in [0.2, 0.25) is 0 Å². The molecule has 6 nitrogen and oxygen atoms in total. The zero-order chi connectivity index (χ0) is 36.8. The Morgan fingerprint density at radius 1 is 0.611 bits per heavy atom. The Hall–Kier alpha value is -6.66. The van der Waals surface area contributed by atoms with Gasteiger partial charge in [0.2, 0.25) is 5.95 Å². The average Bonchev–Trinajstić information content (AvgIpc) is 3.96. The van der Waals surface area contributed by atoms with Crippen LogP contribution in [0.25, 0.3) is 55.9 Å². The molecule has 0 saturated heterocycles. The smallest absolute Gasteiger partial charge is 0.268 e. The number of nitrogens with zero attached hydrogens (tertiary/aromatic N) is 5. The third-order valence-electron chi connectivity index (χ3n) is 10.2. The first-order valence-corrected chi connectivity index (χ1v) is 18.6. The minimum absolute atomic E-state index is 0.350. The lowest BCUT2D eigenvalue weighted by Crippen LogP contribution is -2.28. The number of hydrogen-bond donors (Lipinski definition) is 0.